The molecule has 0 amide bonds. The standard InChI is InChI=1S/C11H19N3O2S2/c1-14(11-5-3-2-4-6-11)18(15,16)13-7-10-8-17-9-12-10/h8-9,11,13H,2-7H2,1H3. The van der Waals surface area contributed by atoms with E-state index in [0.717, 1.165) is 31.4 Å². The molecule has 0 aromatic carbocycles. The molecule has 0 spiro atoms. The van der Waals surface area contributed by atoms with E-state index in [0.29, 0.717) is 0 Å². The van der Waals surface area contributed by atoms with E-state index in [9.17, 15) is 8.42 Å². The lowest BCUT2D eigenvalue weighted by Gasteiger charge is -2.30. The first-order valence-electron chi connectivity index (χ1n) is 6.19. The summed E-state index contributed by atoms with van der Waals surface area (Å²) in [6.07, 6.45) is 5.39. The fourth-order valence-corrected chi connectivity index (χ4v) is 3.93. The maximum atomic E-state index is 12.1. The van der Waals surface area contributed by atoms with Crippen LogP contribution in [-0.4, -0.2) is 30.8 Å². The molecule has 1 aromatic heterocycles. The molecule has 1 saturated carbocycles. The highest BCUT2D eigenvalue weighted by molar-refractivity contribution is 7.87. The fourth-order valence-electron chi connectivity index (χ4n) is 2.23. The van der Waals surface area contributed by atoms with Crippen LogP contribution in [0.15, 0.2) is 10.9 Å². The minimum atomic E-state index is -3.39. The first-order valence-corrected chi connectivity index (χ1v) is 8.57. The van der Waals surface area contributed by atoms with Crippen molar-refractivity contribution in [1.29, 1.82) is 0 Å². The SMILES string of the molecule is CN(C1CCCCC1)S(=O)(=O)NCc1cscn1. The molecular formula is C11H19N3O2S2. The van der Waals surface area contributed by atoms with Crippen LogP contribution in [0.2, 0.25) is 0 Å². The number of aromatic nitrogens is 1. The van der Waals surface area contributed by atoms with Crippen molar-refractivity contribution in [2.24, 2.45) is 0 Å². The van der Waals surface area contributed by atoms with Gasteiger partial charge >= 0.3 is 0 Å². The molecule has 0 radical (unpaired) electrons. The summed E-state index contributed by atoms with van der Waals surface area (Å²) in [5.41, 5.74) is 2.47. The molecule has 0 atom stereocenters. The van der Waals surface area contributed by atoms with Crippen LogP contribution in [0.5, 0.6) is 0 Å². The van der Waals surface area contributed by atoms with Gasteiger partial charge in [-0.3, -0.25) is 0 Å². The van der Waals surface area contributed by atoms with E-state index in [1.54, 1.807) is 12.6 Å². The summed E-state index contributed by atoms with van der Waals surface area (Å²) in [6, 6.07) is 0.145. The largest absolute Gasteiger partial charge is 0.279 e. The van der Waals surface area contributed by atoms with E-state index in [1.807, 2.05) is 5.38 Å². The van der Waals surface area contributed by atoms with Crippen molar-refractivity contribution < 1.29 is 8.42 Å². The summed E-state index contributed by atoms with van der Waals surface area (Å²) >= 11 is 1.47. The number of nitrogens with one attached hydrogen (secondary N) is 1. The second kappa shape index (κ2) is 6.10. The lowest BCUT2D eigenvalue weighted by atomic mass is 9.96. The lowest BCUT2D eigenvalue weighted by molar-refractivity contribution is 0.283. The monoisotopic (exact) mass is 289 g/mol. The highest BCUT2D eigenvalue weighted by atomic mass is 32.2. The average molecular weight is 289 g/mol. The molecule has 1 aliphatic carbocycles. The number of thiazole rings is 1. The van der Waals surface area contributed by atoms with Crippen molar-refractivity contribution in [3.8, 4) is 0 Å². The van der Waals surface area contributed by atoms with Gasteiger partial charge in [-0.1, -0.05) is 19.3 Å². The minimum Gasteiger partial charge on any atom is -0.248 e. The lowest BCUT2D eigenvalue weighted by Crippen LogP contribution is -2.44. The van der Waals surface area contributed by atoms with Crippen molar-refractivity contribution in [2.75, 3.05) is 7.05 Å². The summed E-state index contributed by atoms with van der Waals surface area (Å²) in [6.45, 7) is 0.267. The van der Waals surface area contributed by atoms with E-state index in [2.05, 4.69) is 9.71 Å². The summed E-state index contributed by atoms with van der Waals surface area (Å²) in [5.74, 6) is 0. The molecule has 5 nitrogen and oxygen atoms in total. The van der Waals surface area contributed by atoms with Crippen LogP contribution >= 0.6 is 11.3 Å². The van der Waals surface area contributed by atoms with Crippen molar-refractivity contribution in [3.63, 3.8) is 0 Å². The Morgan fingerprint density at radius 1 is 1.44 bits per heavy atom. The van der Waals surface area contributed by atoms with E-state index < -0.39 is 10.2 Å². The van der Waals surface area contributed by atoms with Gasteiger partial charge in [0.15, 0.2) is 0 Å². The Hall–Kier alpha value is -0.500. The Kier molecular flexibility index (Phi) is 4.71. The average Bonchev–Trinajstić information content (AvgIpc) is 2.90. The molecule has 0 bridgehead atoms. The Bertz CT molecular complexity index is 453. The molecule has 1 N–H and O–H groups in total. The van der Waals surface area contributed by atoms with E-state index >= 15 is 0 Å². The van der Waals surface area contributed by atoms with Crippen LogP contribution in [0.25, 0.3) is 0 Å². The summed E-state index contributed by atoms with van der Waals surface area (Å²) in [5, 5.41) is 1.85. The van der Waals surface area contributed by atoms with Crippen LogP contribution in [0.1, 0.15) is 37.8 Å². The predicted octanol–water partition coefficient (Wildman–Crippen LogP) is 1.74. The third-order valence-corrected chi connectivity index (χ3v) is 5.59. The molecule has 1 heterocycles. The number of hydrogen-bond donors (Lipinski definition) is 1. The van der Waals surface area contributed by atoms with Crippen LogP contribution in [0.3, 0.4) is 0 Å². The Morgan fingerprint density at radius 2 is 2.17 bits per heavy atom. The molecule has 2 rings (SSSR count). The van der Waals surface area contributed by atoms with Crippen molar-refractivity contribution in [1.82, 2.24) is 14.0 Å². The zero-order valence-corrected chi connectivity index (χ0v) is 12.1. The van der Waals surface area contributed by atoms with Gasteiger partial charge < -0.3 is 0 Å². The predicted molar refractivity (Wildman–Crippen MR) is 72.5 cm³/mol. The molecule has 102 valence electrons. The highest BCUT2D eigenvalue weighted by Crippen LogP contribution is 2.23. The second-order valence-electron chi connectivity index (χ2n) is 4.61. The van der Waals surface area contributed by atoms with Gasteiger partial charge in [0.2, 0.25) is 0 Å². The molecule has 1 aliphatic rings. The van der Waals surface area contributed by atoms with Crippen molar-refractivity contribution >= 4 is 21.5 Å². The van der Waals surface area contributed by atoms with Crippen LogP contribution in [0, 0.1) is 0 Å². The second-order valence-corrected chi connectivity index (χ2v) is 7.15. The van der Waals surface area contributed by atoms with Gasteiger partial charge in [-0.25, -0.2) is 4.98 Å². The van der Waals surface area contributed by atoms with Gasteiger partial charge in [0, 0.05) is 18.5 Å². The van der Waals surface area contributed by atoms with Gasteiger partial charge in [0.05, 0.1) is 17.7 Å². The molecular weight excluding hydrogens is 270 g/mol. The van der Waals surface area contributed by atoms with E-state index in [4.69, 9.17) is 0 Å². The third kappa shape index (κ3) is 3.50. The quantitative estimate of drug-likeness (QED) is 0.898. The number of nitrogens with zero attached hydrogens (tertiary/aromatic N) is 2. The topological polar surface area (TPSA) is 62.3 Å². The van der Waals surface area contributed by atoms with E-state index in [1.165, 1.54) is 22.1 Å². The summed E-state index contributed by atoms with van der Waals surface area (Å²) in [7, 11) is -1.72. The van der Waals surface area contributed by atoms with E-state index in [-0.39, 0.29) is 12.6 Å². The Labute approximate surface area is 112 Å². The Balaban J connectivity index is 1.92. The molecule has 18 heavy (non-hydrogen) atoms. The smallest absolute Gasteiger partial charge is 0.248 e. The zero-order chi connectivity index (χ0) is 13.0. The van der Waals surface area contributed by atoms with Crippen molar-refractivity contribution in [3.05, 3.63) is 16.6 Å². The first kappa shape index (κ1) is 13.9. The minimum absolute atomic E-state index is 0.145. The van der Waals surface area contributed by atoms with Gasteiger partial charge in [0.25, 0.3) is 10.2 Å². The maximum Gasteiger partial charge on any atom is 0.279 e. The molecule has 7 heteroatoms. The van der Waals surface area contributed by atoms with Gasteiger partial charge in [-0.2, -0.15) is 17.4 Å². The summed E-state index contributed by atoms with van der Waals surface area (Å²) in [4.78, 5) is 4.06. The van der Waals surface area contributed by atoms with Crippen LogP contribution in [-0.2, 0) is 16.8 Å². The van der Waals surface area contributed by atoms with Gasteiger partial charge in [0.1, 0.15) is 0 Å². The molecule has 0 aliphatic heterocycles. The Morgan fingerprint density at radius 3 is 2.78 bits per heavy atom. The zero-order valence-electron chi connectivity index (χ0n) is 10.5. The molecule has 0 unspecified atom stereocenters. The third-order valence-electron chi connectivity index (χ3n) is 3.39. The number of hydrogen-bond acceptors (Lipinski definition) is 4. The molecule has 1 aromatic rings. The normalized spacial score (nSPS) is 18.3. The van der Waals surface area contributed by atoms with Crippen LogP contribution < -0.4 is 4.72 Å². The first-order chi connectivity index (χ1) is 8.59. The highest BCUT2D eigenvalue weighted by Gasteiger charge is 2.27. The molecule has 0 saturated heterocycles. The van der Waals surface area contributed by atoms with Crippen molar-refractivity contribution in [2.45, 2.75) is 44.7 Å². The molecule has 1 fully saturated rings. The summed E-state index contributed by atoms with van der Waals surface area (Å²) < 4.78 is 28.3. The fraction of sp³-hybridized carbons (Fsp3) is 0.727. The number of rotatable bonds is 5. The van der Waals surface area contributed by atoms with Crippen LogP contribution in [0.4, 0.5) is 0 Å². The maximum absolute atomic E-state index is 12.1. The van der Waals surface area contributed by atoms with Gasteiger partial charge in [-0.15, -0.1) is 11.3 Å². The van der Waals surface area contributed by atoms with Gasteiger partial charge in [-0.05, 0) is 12.8 Å².